The molecule has 4 aromatic carbocycles. The number of benzene rings is 4. The van der Waals surface area contributed by atoms with Crippen molar-refractivity contribution in [2.24, 2.45) is 0 Å². The highest BCUT2D eigenvalue weighted by atomic mass is 15.0. The Bertz CT molecular complexity index is 1190. The first-order chi connectivity index (χ1) is 11.8. The minimum absolute atomic E-state index is 1.21. The Labute approximate surface area is 140 Å². The first-order valence-corrected chi connectivity index (χ1v) is 8.31. The molecule has 0 saturated heterocycles. The van der Waals surface area contributed by atoms with Crippen LogP contribution in [0, 0.1) is 6.92 Å². The molecule has 0 N–H and O–H groups in total. The van der Waals surface area contributed by atoms with E-state index >= 15 is 0 Å². The van der Waals surface area contributed by atoms with E-state index in [1.54, 1.807) is 0 Å². The SMILES string of the molecule is Cc1ccc(-n2c3ccccc3c3ccc4ccccc4c32)cc1. The van der Waals surface area contributed by atoms with E-state index < -0.39 is 0 Å². The van der Waals surface area contributed by atoms with Crippen molar-refractivity contribution >= 4 is 32.6 Å². The lowest BCUT2D eigenvalue weighted by Crippen LogP contribution is -1.94. The molecule has 0 saturated carbocycles. The highest BCUT2D eigenvalue weighted by Gasteiger charge is 2.14. The molecule has 1 heterocycles. The maximum absolute atomic E-state index is 2.40. The van der Waals surface area contributed by atoms with Crippen molar-refractivity contribution < 1.29 is 0 Å². The number of hydrogen-bond acceptors (Lipinski definition) is 0. The summed E-state index contributed by atoms with van der Waals surface area (Å²) in [6.07, 6.45) is 0. The monoisotopic (exact) mass is 307 g/mol. The fourth-order valence-corrected chi connectivity index (χ4v) is 3.69. The van der Waals surface area contributed by atoms with Crippen LogP contribution in [0.4, 0.5) is 0 Å². The second-order valence-corrected chi connectivity index (χ2v) is 6.37. The number of para-hydroxylation sites is 1. The topological polar surface area (TPSA) is 4.93 Å². The van der Waals surface area contributed by atoms with E-state index in [4.69, 9.17) is 0 Å². The summed E-state index contributed by atoms with van der Waals surface area (Å²) < 4.78 is 2.40. The Balaban J connectivity index is 2.05. The molecule has 0 aliphatic carbocycles. The summed E-state index contributed by atoms with van der Waals surface area (Å²) in [5, 5.41) is 5.19. The van der Waals surface area contributed by atoms with Gasteiger partial charge < -0.3 is 4.57 Å². The Morgan fingerprint density at radius 2 is 1.29 bits per heavy atom. The third-order valence-corrected chi connectivity index (χ3v) is 4.85. The zero-order valence-electron chi connectivity index (χ0n) is 13.5. The molecule has 0 fully saturated rings. The molecule has 1 aromatic heterocycles. The lowest BCUT2D eigenvalue weighted by atomic mass is 10.1. The third kappa shape index (κ3) is 1.82. The zero-order chi connectivity index (χ0) is 16.1. The summed E-state index contributed by atoms with van der Waals surface area (Å²) in [7, 11) is 0. The van der Waals surface area contributed by atoms with Crippen molar-refractivity contribution in [2.75, 3.05) is 0 Å². The van der Waals surface area contributed by atoms with Gasteiger partial charge >= 0.3 is 0 Å². The van der Waals surface area contributed by atoms with Crippen molar-refractivity contribution in [3.05, 3.63) is 90.5 Å². The van der Waals surface area contributed by atoms with Crippen LogP contribution >= 0.6 is 0 Å². The largest absolute Gasteiger partial charge is 0.309 e. The molecule has 1 nitrogen and oxygen atoms in total. The maximum Gasteiger partial charge on any atom is 0.0619 e. The van der Waals surface area contributed by atoms with Gasteiger partial charge in [-0.15, -0.1) is 0 Å². The van der Waals surface area contributed by atoms with Crippen molar-refractivity contribution in [2.45, 2.75) is 6.92 Å². The van der Waals surface area contributed by atoms with Gasteiger partial charge in [-0.2, -0.15) is 0 Å². The second kappa shape index (κ2) is 4.97. The van der Waals surface area contributed by atoms with Gasteiger partial charge in [0.2, 0.25) is 0 Å². The minimum Gasteiger partial charge on any atom is -0.309 e. The van der Waals surface area contributed by atoms with Crippen LogP contribution in [-0.2, 0) is 0 Å². The van der Waals surface area contributed by atoms with E-state index in [-0.39, 0.29) is 0 Å². The van der Waals surface area contributed by atoms with Crippen LogP contribution < -0.4 is 0 Å². The average molecular weight is 307 g/mol. The number of rotatable bonds is 1. The zero-order valence-corrected chi connectivity index (χ0v) is 13.5. The summed E-state index contributed by atoms with van der Waals surface area (Å²) in [6.45, 7) is 2.13. The van der Waals surface area contributed by atoms with E-state index in [2.05, 4.69) is 96.4 Å². The lowest BCUT2D eigenvalue weighted by Gasteiger charge is -2.10. The summed E-state index contributed by atoms with van der Waals surface area (Å²) in [5.74, 6) is 0. The Kier molecular flexibility index (Phi) is 2.77. The van der Waals surface area contributed by atoms with Crippen LogP contribution in [0.15, 0.2) is 84.9 Å². The van der Waals surface area contributed by atoms with E-state index in [0.29, 0.717) is 0 Å². The Hall–Kier alpha value is -3.06. The number of hydrogen-bond donors (Lipinski definition) is 0. The van der Waals surface area contributed by atoms with Gasteiger partial charge in [0.25, 0.3) is 0 Å². The molecule has 0 aliphatic rings. The number of aromatic nitrogens is 1. The highest BCUT2D eigenvalue weighted by Crippen LogP contribution is 2.36. The molecule has 5 rings (SSSR count). The molecular weight excluding hydrogens is 290 g/mol. The highest BCUT2D eigenvalue weighted by molar-refractivity contribution is 6.18. The van der Waals surface area contributed by atoms with Crippen molar-refractivity contribution in [3.8, 4) is 5.69 Å². The van der Waals surface area contributed by atoms with E-state index in [0.717, 1.165) is 0 Å². The van der Waals surface area contributed by atoms with Gasteiger partial charge in [-0.3, -0.25) is 0 Å². The summed E-state index contributed by atoms with van der Waals surface area (Å²) >= 11 is 0. The van der Waals surface area contributed by atoms with Gasteiger partial charge in [0.15, 0.2) is 0 Å². The number of nitrogens with zero attached hydrogens (tertiary/aromatic N) is 1. The van der Waals surface area contributed by atoms with Crippen LogP contribution in [-0.4, -0.2) is 4.57 Å². The van der Waals surface area contributed by atoms with Gasteiger partial charge in [0.1, 0.15) is 0 Å². The number of aryl methyl sites for hydroxylation is 1. The number of fused-ring (bicyclic) bond motifs is 5. The maximum atomic E-state index is 2.40. The summed E-state index contributed by atoms with van der Waals surface area (Å²) in [6, 6.07) is 30.6. The first-order valence-electron chi connectivity index (χ1n) is 8.31. The fraction of sp³-hybridized carbons (Fsp3) is 0.0435. The van der Waals surface area contributed by atoms with E-state index in [1.807, 2.05) is 0 Å². The van der Waals surface area contributed by atoms with Crippen molar-refractivity contribution in [1.82, 2.24) is 4.57 Å². The predicted octanol–water partition coefficient (Wildman–Crippen LogP) is 6.25. The van der Waals surface area contributed by atoms with Crippen LogP contribution in [0.2, 0.25) is 0 Å². The standard InChI is InChI=1S/C23H17N/c1-16-10-13-18(14-11-16)24-22-9-5-4-8-20(22)21-15-12-17-6-2-3-7-19(17)23(21)24/h2-15H,1H3. The molecule has 0 atom stereocenters. The smallest absolute Gasteiger partial charge is 0.0619 e. The molecule has 0 radical (unpaired) electrons. The third-order valence-electron chi connectivity index (χ3n) is 4.85. The van der Waals surface area contributed by atoms with Crippen LogP contribution in [0.1, 0.15) is 5.56 Å². The van der Waals surface area contributed by atoms with Gasteiger partial charge in [0.05, 0.1) is 11.0 Å². The normalized spacial score (nSPS) is 11.5. The molecule has 0 aliphatic heterocycles. The summed E-state index contributed by atoms with van der Waals surface area (Å²) in [5.41, 5.74) is 5.04. The first kappa shape index (κ1) is 13.4. The molecule has 1 heteroatoms. The summed E-state index contributed by atoms with van der Waals surface area (Å²) in [4.78, 5) is 0. The van der Waals surface area contributed by atoms with Crippen LogP contribution in [0.5, 0.6) is 0 Å². The van der Waals surface area contributed by atoms with E-state index in [9.17, 15) is 0 Å². The lowest BCUT2D eigenvalue weighted by molar-refractivity contribution is 1.18. The molecular formula is C23H17N. The van der Waals surface area contributed by atoms with Crippen LogP contribution in [0.3, 0.4) is 0 Å². The Morgan fingerprint density at radius 3 is 2.12 bits per heavy atom. The van der Waals surface area contributed by atoms with E-state index in [1.165, 1.54) is 43.8 Å². The fourth-order valence-electron chi connectivity index (χ4n) is 3.69. The predicted molar refractivity (Wildman–Crippen MR) is 103 cm³/mol. The Morgan fingerprint density at radius 1 is 0.583 bits per heavy atom. The second-order valence-electron chi connectivity index (χ2n) is 6.37. The molecule has 0 spiro atoms. The minimum atomic E-state index is 1.21. The molecule has 114 valence electrons. The molecule has 5 aromatic rings. The van der Waals surface area contributed by atoms with Crippen molar-refractivity contribution in [3.63, 3.8) is 0 Å². The molecule has 0 unspecified atom stereocenters. The quantitative estimate of drug-likeness (QED) is 0.345. The van der Waals surface area contributed by atoms with Crippen LogP contribution in [0.25, 0.3) is 38.3 Å². The van der Waals surface area contributed by atoms with Gasteiger partial charge in [-0.25, -0.2) is 0 Å². The van der Waals surface area contributed by atoms with Gasteiger partial charge in [-0.1, -0.05) is 72.3 Å². The average Bonchev–Trinajstić information content (AvgIpc) is 2.97. The van der Waals surface area contributed by atoms with Gasteiger partial charge in [-0.05, 0) is 30.5 Å². The molecule has 0 bridgehead atoms. The molecule has 0 amide bonds. The van der Waals surface area contributed by atoms with Gasteiger partial charge in [0, 0.05) is 21.8 Å². The van der Waals surface area contributed by atoms with Crippen molar-refractivity contribution in [1.29, 1.82) is 0 Å². The molecule has 24 heavy (non-hydrogen) atoms.